The van der Waals surface area contributed by atoms with Gasteiger partial charge < -0.3 is 19.9 Å². The van der Waals surface area contributed by atoms with Gasteiger partial charge in [-0.25, -0.2) is 4.79 Å². The lowest BCUT2D eigenvalue weighted by molar-refractivity contribution is -0.116. The second-order valence-electron chi connectivity index (χ2n) is 6.97. The van der Waals surface area contributed by atoms with Crippen molar-refractivity contribution >= 4 is 39.8 Å². The number of anilines is 2. The minimum atomic E-state index is -0.636. The molecule has 0 radical (unpaired) electrons. The molecule has 9 heteroatoms. The van der Waals surface area contributed by atoms with Crippen molar-refractivity contribution in [1.82, 2.24) is 4.57 Å². The number of carbonyl (C=O) groups is 3. The summed E-state index contributed by atoms with van der Waals surface area (Å²) in [5, 5.41) is 5.64. The highest BCUT2D eigenvalue weighted by Gasteiger charge is 2.26. The van der Waals surface area contributed by atoms with E-state index >= 15 is 0 Å². The molecule has 0 unspecified atom stereocenters. The van der Waals surface area contributed by atoms with Gasteiger partial charge in [0.15, 0.2) is 0 Å². The molecule has 2 heterocycles. The number of nitrogens with one attached hydrogen (secondary N) is 2. The van der Waals surface area contributed by atoms with Crippen molar-refractivity contribution in [2.75, 3.05) is 17.2 Å². The summed E-state index contributed by atoms with van der Waals surface area (Å²) in [6.07, 6.45) is 1.51. The number of nitrogens with zero attached hydrogens (tertiary/aromatic N) is 1. The first kappa shape index (κ1) is 23.0. The Balaban J connectivity index is 1.89. The van der Waals surface area contributed by atoms with Crippen LogP contribution in [0.1, 0.15) is 38.1 Å². The lowest BCUT2D eigenvalue weighted by Crippen LogP contribution is -2.28. The Labute approximate surface area is 188 Å². The van der Waals surface area contributed by atoms with Gasteiger partial charge in [0.25, 0.3) is 11.5 Å². The summed E-state index contributed by atoms with van der Waals surface area (Å²) >= 11 is 0.982. The topological polar surface area (TPSA) is 106 Å². The molecule has 3 aromatic rings. The predicted molar refractivity (Wildman–Crippen MR) is 123 cm³/mol. The van der Waals surface area contributed by atoms with Crippen LogP contribution in [-0.2, 0) is 16.1 Å². The van der Waals surface area contributed by atoms with Crippen LogP contribution in [0.2, 0.25) is 0 Å². The van der Waals surface area contributed by atoms with Crippen molar-refractivity contribution < 1.29 is 19.1 Å². The summed E-state index contributed by atoms with van der Waals surface area (Å²) in [6.45, 7) is 4.88. The molecule has 0 saturated carbocycles. The van der Waals surface area contributed by atoms with E-state index in [-0.39, 0.29) is 34.2 Å². The molecule has 0 aliphatic carbocycles. The number of carbonyl (C=O) groups excluding carboxylic acids is 3. The van der Waals surface area contributed by atoms with Crippen LogP contribution in [0.4, 0.5) is 10.7 Å². The number of para-hydroxylation sites is 1. The average molecular weight is 454 g/mol. The molecule has 8 nitrogen and oxygen atoms in total. The number of aryl methyl sites for hydroxylation is 1. The molecule has 166 valence electrons. The van der Waals surface area contributed by atoms with Crippen LogP contribution >= 0.6 is 11.3 Å². The minimum absolute atomic E-state index is 0.125. The van der Waals surface area contributed by atoms with Gasteiger partial charge in [0, 0.05) is 17.4 Å². The number of pyridine rings is 1. The average Bonchev–Trinajstić information content (AvgIpc) is 3.08. The maximum atomic E-state index is 12.8. The Morgan fingerprint density at radius 3 is 2.44 bits per heavy atom. The summed E-state index contributed by atoms with van der Waals surface area (Å²) in [4.78, 5) is 50.5. The van der Waals surface area contributed by atoms with Gasteiger partial charge in [0.05, 0.1) is 17.0 Å². The Bertz CT molecular complexity index is 1210. The van der Waals surface area contributed by atoms with Gasteiger partial charge in [-0.2, -0.15) is 0 Å². The molecule has 1 aromatic carbocycles. The number of benzene rings is 1. The molecule has 3 rings (SSSR count). The maximum Gasteiger partial charge on any atom is 0.341 e. The highest BCUT2D eigenvalue weighted by atomic mass is 32.1. The second-order valence-corrected chi connectivity index (χ2v) is 7.99. The van der Waals surface area contributed by atoms with E-state index in [4.69, 9.17) is 4.74 Å². The van der Waals surface area contributed by atoms with Gasteiger partial charge in [-0.05, 0) is 44.5 Å². The molecule has 0 spiro atoms. The molecule has 0 aliphatic heterocycles. The van der Waals surface area contributed by atoms with Crippen LogP contribution < -0.4 is 16.2 Å². The van der Waals surface area contributed by atoms with Gasteiger partial charge >= 0.3 is 5.97 Å². The van der Waals surface area contributed by atoms with E-state index in [9.17, 15) is 19.2 Å². The van der Waals surface area contributed by atoms with Crippen molar-refractivity contribution in [2.45, 2.75) is 27.3 Å². The fraction of sp³-hybridized carbons (Fsp3) is 0.217. The van der Waals surface area contributed by atoms with Crippen molar-refractivity contribution in [3.63, 3.8) is 0 Å². The highest BCUT2D eigenvalue weighted by Crippen LogP contribution is 2.34. The van der Waals surface area contributed by atoms with Crippen LogP contribution in [0.5, 0.6) is 0 Å². The summed E-state index contributed by atoms with van der Waals surface area (Å²) in [7, 11) is 0. The molecule has 2 N–H and O–H groups in total. The molecule has 2 amide bonds. The van der Waals surface area contributed by atoms with Gasteiger partial charge in [-0.3, -0.25) is 14.4 Å². The van der Waals surface area contributed by atoms with Gasteiger partial charge in [0.2, 0.25) is 5.91 Å². The quantitative estimate of drug-likeness (QED) is 0.532. The molecule has 2 aromatic heterocycles. The molecule has 0 bridgehead atoms. The standard InChI is InChI=1S/C23H23N3O5S/c1-4-31-23(30)18-15(3)19(20(28)24-16-10-6-5-7-11-16)32-21(18)25-17(27)13-26-12-8-9-14(2)22(26)29/h5-12H,4,13H2,1-3H3,(H,24,28)(H,25,27). The Morgan fingerprint density at radius 2 is 1.75 bits per heavy atom. The Hall–Kier alpha value is -3.72. The van der Waals surface area contributed by atoms with E-state index in [1.165, 1.54) is 10.8 Å². The van der Waals surface area contributed by atoms with Crippen molar-refractivity contribution in [1.29, 1.82) is 0 Å². The maximum absolute atomic E-state index is 12.8. The molecule has 0 atom stereocenters. The van der Waals surface area contributed by atoms with E-state index in [0.29, 0.717) is 16.8 Å². The number of thiophene rings is 1. The molecular formula is C23H23N3O5S. The predicted octanol–water partition coefficient (Wildman–Crippen LogP) is 3.59. The number of amides is 2. The van der Waals surface area contributed by atoms with Crippen LogP contribution in [0, 0.1) is 13.8 Å². The minimum Gasteiger partial charge on any atom is -0.462 e. The van der Waals surface area contributed by atoms with Gasteiger partial charge in [-0.1, -0.05) is 24.3 Å². The van der Waals surface area contributed by atoms with Crippen LogP contribution in [-0.4, -0.2) is 29.0 Å². The highest BCUT2D eigenvalue weighted by molar-refractivity contribution is 7.18. The fourth-order valence-corrected chi connectivity index (χ4v) is 4.19. The van der Waals surface area contributed by atoms with Crippen LogP contribution in [0.3, 0.4) is 0 Å². The van der Waals surface area contributed by atoms with E-state index in [1.807, 2.05) is 6.07 Å². The smallest absolute Gasteiger partial charge is 0.341 e. The summed E-state index contributed by atoms with van der Waals surface area (Å²) in [5.41, 5.74) is 1.37. The van der Waals surface area contributed by atoms with E-state index in [2.05, 4.69) is 10.6 Å². The van der Waals surface area contributed by atoms with Crippen molar-refractivity contribution in [3.8, 4) is 0 Å². The van der Waals surface area contributed by atoms with Crippen LogP contribution in [0.15, 0.2) is 53.5 Å². The first-order valence-corrected chi connectivity index (χ1v) is 10.8. The third-order valence-corrected chi connectivity index (χ3v) is 5.85. The lowest BCUT2D eigenvalue weighted by atomic mass is 10.1. The zero-order valence-electron chi connectivity index (χ0n) is 17.9. The molecule has 0 aliphatic rings. The molecule has 0 saturated heterocycles. The third-order valence-electron chi connectivity index (χ3n) is 4.64. The number of hydrogen-bond acceptors (Lipinski definition) is 6. The molecule has 0 fully saturated rings. The lowest BCUT2D eigenvalue weighted by Gasteiger charge is -2.09. The summed E-state index contributed by atoms with van der Waals surface area (Å²) in [6, 6.07) is 12.2. The number of ether oxygens (including phenoxy) is 1. The van der Waals surface area contributed by atoms with Gasteiger partial charge in [-0.15, -0.1) is 11.3 Å². The Kier molecular flexibility index (Phi) is 7.21. The molecule has 32 heavy (non-hydrogen) atoms. The second kappa shape index (κ2) is 10.1. The third kappa shape index (κ3) is 5.12. The summed E-state index contributed by atoms with van der Waals surface area (Å²) in [5.74, 6) is -1.54. The first-order chi connectivity index (χ1) is 15.3. The number of hydrogen-bond donors (Lipinski definition) is 2. The van der Waals surface area contributed by atoms with Crippen molar-refractivity contribution in [2.24, 2.45) is 0 Å². The normalized spacial score (nSPS) is 10.5. The largest absolute Gasteiger partial charge is 0.462 e. The molecular weight excluding hydrogens is 430 g/mol. The number of esters is 1. The van der Waals surface area contributed by atoms with Crippen molar-refractivity contribution in [3.05, 3.63) is 80.6 Å². The number of rotatable bonds is 7. The fourth-order valence-electron chi connectivity index (χ4n) is 3.08. The van der Waals surface area contributed by atoms with E-state index in [1.54, 1.807) is 57.2 Å². The van der Waals surface area contributed by atoms with E-state index in [0.717, 1.165) is 11.3 Å². The van der Waals surface area contributed by atoms with Crippen LogP contribution in [0.25, 0.3) is 0 Å². The van der Waals surface area contributed by atoms with Gasteiger partial charge in [0.1, 0.15) is 11.5 Å². The zero-order chi connectivity index (χ0) is 23.3. The number of aromatic nitrogens is 1. The zero-order valence-corrected chi connectivity index (χ0v) is 18.7. The summed E-state index contributed by atoms with van der Waals surface area (Å²) < 4.78 is 6.40. The monoisotopic (exact) mass is 453 g/mol. The first-order valence-electron chi connectivity index (χ1n) is 9.94. The van der Waals surface area contributed by atoms with E-state index < -0.39 is 17.8 Å². The Morgan fingerprint density at radius 1 is 1.03 bits per heavy atom. The SMILES string of the molecule is CCOC(=O)c1c(NC(=O)Cn2cccc(C)c2=O)sc(C(=O)Nc2ccccc2)c1C.